The van der Waals surface area contributed by atoms with Crippen LogP contribution in [0.5, 0.6) is 0 Å². The van der Waals surface area contributed by atoms with Gasteiger partial charge in [0.15, 0.2) is 9.84 Å². The van der Waals surface area contributed by atoms with E-state index in [2.05, 4.69) is 5.10 Å². The van der Waals surface area contributed by atoms with Crippen LogP contribution in [-0.4, -0.2) is 54.0 Å². The molecule has 0 saturated carbocycles. The van der Waals surface area contributed by atoms with Gasteiger partial charge in [-0.2, -0.15) is 5.10 Å². The predicted molar refractivity (Wildman–Crippen MR) is 71.7 cm³/mol. The maximum Gasteiger partial charge on any atom is 0.339 e. The molecular weight excluding hydrogens is 284 g/mol. The lowest BCUT2D eigenvalue weighted by Gasteiger charge is -2.05. The number of rotatable bonds is 6. The highest BCUT2D eigenvalue weighted by molar-refractivity contribution is 7.91. The molecule has 1 atom stereocenters. The standard InChI is InChI=1S/C12H18N2O5S/c1-2-20(17,18)6-4-14-7-10(12(15)16)11(13-14)9-3-5-19-8-9/h7,9H,2-6,8H2,1H3,(H,15,16). The Bertz CT molecular complexity index is 587. The zero-order valence-electron chi connectivity index (χ0n) is 11.3. The summed E-state index contributed by atoms with van der Waals surface area (Å²) in [6.07, 6.45) is 2.14. The number of ether oxygens (including phenoxy) is 1. The monoisotopic (exact) mass is 302 g/mol. The molecule has 0 spiro atoms. The largest absolute Gasteiger partial charge is 0.478 e. The fourth-order valence-corrected chi connectivity index (χ4v) is 2.90. The molecule has 0 aromatic carbocycles. The Hall–Kier alpha value is -1.41. The molecule has 1 aromatic heterocycles. The van der Waals surface area contributed by atoms with Crippen molar-refractivity contribution < 1.29 is 23.1 Å². The molecule has 2 rings (SSSR count). The first-order chi connectivity index (χ1) is 9.43. The van der Waals surface area contributed by atoms with Gasteiger partial charge in [-0.05, 0) is 6.42 Å². The number of aryl methyl sites for hydroxylation is 1. The van der Waals surface area contributed by atoms with Crippen molar-refractivity contribution in [1.82, 2.24) is 9.78 Å². The Morgan fingerprint density at radius 3 is 2.90 bits per heavy atom. The van der Waals surface area contributed by atoms with E-state index in [-0.39, 0.29) is 29.5 Å². The summed E-state index contributed by atoms with van der Waals surface area (Å²) in [5.74, 6) is -1.03. The van der Waals surface area contributed by atoms with Crippen LogP contribution < -0.4 is 0 Å². The molecule has 0 bridgehead atoms. The number of hydrogen-bond acceptors (Lipinski definition) is 5. The van der Waals surface area contributed by atoms with Crippen molar-refractivity contribution in [3.63, 3.8) is 0 Å². The molecule has 2 heterocycles. The van der Waals surface area contributed by atoms with Crippen molar-refractivity contribution >= 4 is 15.8 Å². The third-order valence-electron chi connectivity index (χ3n) is 3.41. The SMILES string of the molecule is CCS(=O)(=O)CCn1cc(C(=O)O)c(C2CCOC2)n1. The molecule has 0 radical (unpaired) electrons. The first-order valence-corrected chi connectivity index (χ1v) is 8.34. The van der Waals surface area contributed by atoms with Gasteiger partial charge in [-0.15, -0.1) is 0 Å². The fourth-order valence-electron chi connectivity index (χ4n) is 2.14. The van der Waals surface area contributed by atoms with Crippen LogP contribution in [0.25, 0.3) is 0 Å². The van der Waals surface area contributed by atoms with Gasteiger partial charge in [-0.25, -0.2) is 13.2 Å². The van der Waals surface area contributed by atoms with Crippen molar-refractivity contribution in [2.45, 2.75) is 25.8 Å². The summed E-state index contributed by atoms with van der Waals surface area (Å²) in [4.78, 5) is 11.2. The van der Waals surface area contributed by atoms with Gasteiger partial charge in [0.25, 0.3) is 0 Å². The van der Waals surface area contributed by atoms with Gasteiger partial charge in [-0.1, -0.05) is 6.92 Å². The van der Waals surface area contributed by atoms with Crippen LogP contribution in [0.15, 0.2) is 6.20 Å². The Labute approximate surface area is 117 Å². The fraction of sp³-hybridized carbons (Fsp3) is 0.667. The van der Waals surface area contributed by atoms with E-state index in [0.29, 0.717) is 18.9 Å². The Morgan fingerprint density at radius 1 is 1.60 bits per heavy atom. The van der Waals surface area contributed by atoms with Crippen LogP contribution in [-0.2, 0) is 21.1 Å². The van der Waals surface area contributed by atoms with Crippen LogP contribution in [0, 0.1) is 0 Å². The van der Waals surface area contributed by atoms with E-state index in [1.807, 2.05) is 0 Å². The quantitative estimate of drug-likeness (QED) is 0.822. The summed E-state index contributed by atoms with van der Waals surface area (Å²) in [6, 6.07) is 0. The molecule has 1 aromatic rings. The topological polar surface area (TPSA) is 98.5 Å². The minimum atomic E-state index is -3.09. The second-order valence-corrected chi connectivity index (χ2v) is 7.27. The van der Waals surface area contributed by atoms with E-state index in [0.717, 1.165) is 6.42 Å². The third-order valence-corrected chi connectivity index (χ3v) is 5.09. The second-order valence-electron chi connectivity index (χ2n) is 4.79. The van der Waals surface area contributed by atoms with Gasteiger partial charge >= 0.3 is 5.97 Å². The zero-order chi connectivity index (χ0) is 14.8. The van der Waals surface area contributed by atoms with Crippen LogP contribution >= 0.6 is 0 Å². The van der Waals surface area contributed by atoms with Crippen LogP contribution in [0.3, 0.4) is 0 Å². The highest BCUT2D eigenvalue weighted by Gasteiger charge is 2.27. The number of nitrogens with zero attached hydrogens (tertiary/aromatic N) is 2. The van der Waals surface area contributed by atoms with Crippen molar-refractivity contribution in [3.05, 3.63) is 17.5 Å². The molecule has 1 aliphatic heterocycles. The molecular formula is C12H18N2O5S. The molecule has 1 fully saturated rings. The van der Waals surface area contributed by atoms with E-state index >= 15 is 0 Å². The van der Waals surface area contributed by atoms with Crippen molar-refractivity contribution in [1.29, 1.82) is 0 Å². The Kier molecular flexibility index (Phi) is 4.44. The smallest absolute Gasteiger partial charge is 0.339 e. The first-order valence-electron chi connectivity index (χ1n) is 6.51. The van der Waals surface area contributed by atoms with Crippen molar-refractivity contribution in [2.24, 2.45) is 0 Å². The summed E-state index contributed by atoms with van der Waals surface area (Å²) in [6.45, 7) is 2.82. The number of sulfone groups is 1. The number of carbonyl (C=O) groups is 1. The molecule has 0 amide bonds. The first kappa shape index (κ1) is 15.0. The molecule has 7 nitrogen and oxygen atoms in total. The molecule has 1 unspecified atom stereocenters. The van der Waals surface area contributed by atoms with Gasteiger partial charge in [0, 0.05) is 24.5 Å². The third kappa shape index (κ3) is 3.37. The minimum Gasteiger partial charge on any atom is -0.478 e. The average molecular weight is 302 g/mol. The molecule has 112 valence electrons. The molecule has 20 heavy (non-hydrogen) atoms. The highest BCUT2D eigenvalue weighted by Crippen LogP contribution is 2.26. The Balaban J connectivity index is 2.18. The van der Waals surface area contributed by atoms with Crippen LogP contribution in [0.1, 0.15) is 35.3 Å². The van der Waals surface area contributed by atoms with Crippen LogP contribution in [0.2, 0.25) is 0 Å². The van der Waals surface area contributed by atoms with Crippen molar-refractivity contribution in [2.75, 3.05) is 24.7 Å². The van der Waals surface area contributed by atoms with E-state index in [4.69, 9.17) is 4.74 Å². The summed E-state index contributed by atoms with van der Waals surface area (Å²) in [7, 11) is -3.09. The van der Waals surface area contributed by atoms with Gasteiger partial charge in [0.1, 0.15) is 5.56 Å². The minimum absolute atomic E-state index is 0.0230. The number of hydrogen-bond donors (Lipinski definition) is 1. The lowest BCUT2D eigenvalue weighted by atomic mass is 10.0. The van der Waals surface area contributed by atoms with Crippen molar-refractivity contribution in [3.8, 4) is 0 Å². The molecule has 1 saturated heterocycles. The van der Waals surface area contributed by atoms with E-state index in [9.17, 15) is 18.3 Å². The van der Waals surface area contributed by atoms with E-state index in [1.165, 1.54) is 10.9 Å². The highest BCUT2D eigenvalue weighted by atomic mass is 32.2. The van der Waals surface area contributed by atoms with Gasteiger partial charge in [-0.3, -0.25) is 4.68 Å². The number of aromatic nitrogens is 2. The van der Waals surface area contributed by atoms with E-state index < -0.39 is 15.8 Å². The zero-order valence-corrected chi connectivity index (χ0v) is 12.1. The summed E-state index contributed by atoms with van der Waals surface area (Å²) >= 11 is 0. The van der Waals surface area contributed by atoms with Gasteiger partial charge < -0.3 is 9.84 Å². The van der Waals surface area contributed by atoms with Gasteiger partial charge in [0.2, 0.25) is 0 Å². The number of carboxylic acids is 1. The normalized spacial score (nSPS) is 19.4. The summed E-state index contributed by atoms with van der Waals surface area (Å²) < 4.78 is 29.6. The number of aromatic carboxylic acids is 1. The molecule has 1 N–H and O–H groups in total. The summed E-state index contributed by atoms with van der Waals surface area (Å²) in [5.41, 5.74) is 0.623. The lowest BCUT2D eigenvalue weighted by Crippen LogP contribution is -2.15. The number of carboxylic acid groups (broad SMARTS) is 1. The average Bonchev–Trinajstić information content (AvgIpc) is 3.05. The lowest BCUT2D eigenvalue weighted by molar-refractivity contribution is 0.0695. The van der Waals surface area contributed by atoms with Gasteiger partial charge in [0.05, 0.1) is 24.6 Å². The summed E-state index contributed by atoms with van der Waals surface area (Å²) in [5, 5.41) is 13.4. The maximum atomic E-state index is 11.5. The maximum absolute atomic E-state index is 11.5. The second kappa shape index (κ2) is 5.92. The Morgan fingerprint density at radius 2 is 2.35 bits per heavy atom. The molecule has 8 heteroatoms. The molecule has 1 aliphatic rings. The van der Waals surface area contributed by atoms with Crippen LogP contribution in [0.4, 0.5) is 0 Å². The molecule has 0 aliphatic carbocycles. The van der Waals surface area contributed by atoms with E-state index in [1.54, 1.807) is 6.92 Å². The predicted octanol–water partition coefficient (Wildman–Crippen LogP) is 0.520.